The third-order valence-electron chi connectivity index (χ3n) is 4.16. The zero-order chi connectivity index (χ0) is 14.7. The van der Waals surface area contributed by atoms with E-state index in [1.54, 1.807) is 18.2 Å². The van der Waals surface area contributed by atoms with Crippen LogP contribution in [0.4, 0.5) is 5.69 Å². The highest BCUT2D eigenvalue weighted by atomic mass is 16.1. The summed E-state index contributed by atoms with van der Waals surface area (Å²) in [6, 6.07) is 9.59. The number of carbonyl (C=O) groups is 1. The quantitative estimate of drug-likeness (QED) is 0.691. The number of Topliss-reactive ketones (excluding diaryl/α,β-unsaturated/α-hetero) is 1. The number of aromatic nitrogens is 2. The van der Waals surface area contributed by atoms with E-state index in [9.17, 15) is 4.79 Å². The second-order valence-electron chi connectivity index (χ2n) is 5.80. The standard InChI is InChI=1S/C17H21N3O/c18-14-6-4-5-13(11-14)17(21)12-15-9-10-20(19-15)16-7-2-1-3-8-16/h4-6,9-11,16H,1-3,7-8,12,18H2. The minimum Gasteiger partial charge on any atom is -0.399 e. The van der Waals surface area contributed by atoms with Crippen LogP contribution < -0.4 is 5.73 Å². The maximum absolute atomic E-state index is 12.2. The summed E-state index contributed by atoms with van der Waals surface area (Å²) in [7, 11) is 0. The van der Waals surface area contributed by atoms with E-state index in [0.29, 0.717) is 23.7 Å². The monoisotopic (exact) mass is 283 g/mol. The molecule has 0 bridgehead atoms. The molecule has 1 aliphatic carbocycles. The highest BCUT2D eigenvalue weighted by Gasteiger charge is 2.17. The number of ketones is 1. The fourth-order valence-corrected chi connectivity index (χ4v) is 3.00. The van der Waals surface area contributed by atoms with Crippen molar-refractivity contribution in [2.75, 3.05) is 5.73 Å². The second kappa shape index (κ2) is 6.12. The summed E-state index contributed by atoms with van der Waals surface area (Å²) in [6.07, 6.45) is 8.64. The zero-order valence-electron chi connectivity index (χ0n) is 12.2. The number of rotatable bonds is 4. The van der Waals surface area contributed by atoms with Crippen LogP contribution in [0.1, 0.15) is 54.2 Å². The number of anilines is 1. The van der Waals surface area contributed by atoms with Crippen LogP contribution in [0.15, 0.2) is 36.5 Å². The number of benzene rings is 1. The van der Waals surface area contributed by atoms with Crippen LogP contribution in [-0.4, -0.2) is 15.6 Å². The average molecular weight is 283 g/mol. The van der Waals surface area contributed by atoms with Gasteiger partial charge in [-0.05, 0) is 31.0 Å². The molecule has 2 N–H and O–H groups in total. The SMILES string of the molecule is Nc1cccc(C(=O)Cc2ccn(C3CCCCC3)n2)c1. The lowest BCUT2D eigenvalue weighted by Gasteiger charge is -2.21. The first-order valence-corrected chi connectivity index (χ1v) is 7.65. The smallest absolute Gasteiger partial charge is 0.168 e. The molecule has 1 aromatic carbocycles. The van der Waals surface area contributed by atoms with Gasteiger partial charge in [-0.3, -0.25) is 9.48 Å². The molecule has 4 nitrogen and oxygen atoms in total. The molecule has 1 heterocycles. The van der Waals surface area contributed by atoms with E-state index in [-0.39, 0.29) is 5.78 Å². The van der Waals surface area contributed by atoms with E-state index in [1.807, 2.05) is 23.0 Å². The Balaban J connectivity index is 1.68. The molecular formula is C17H21N3O. The molecule has 1 aromatic heterocycles. The summed E-state index contributed by atoms with van der Waals surface area (Å²) in [5.41, 5.74) is 7.83. The van der Waals surface area contributed by atoms with E-state index in [0.717, 1.165) is 5.69 Å². The van der Waals surface area contributed by atoms with Crippen molar-refractivity contribution in [3.05, 3.63) is 47.8 Å². The van der Waals surface area contributed by atoms with Crippen LogP contribution in [0.5, 0.6) is 0 Å². The lowest BCUT2D eigenvalue weighted by Crippen LogP contribution is -2.14. The van der Waals surface area contributed by atoms with Crippen LogP contribution >= 0.6 is 0 Å². The molecule has 0 saturated heterocycles. The number of hydrogen-bond donors (Lipinski definition) is 1. The predicted octanol–water partition coefficient (Wildman–Crippen LogP) is 3.40. The van der Waals surface area contributed by atoms with E-state index >= 15 is 0 Å². The Hall–Kier alpha value is -2.10. The molecular weight excluding hydrogens is 262 g/mol. The fraction of sp³-hybridized carbons (Fsp3) is 0.412. The highest BCUT2D eigenvalue weighted by molar-refractivity contribution is 5.97. The second-order valence-corrected chi connectivity index (χ2v) is 5.80. The summed E-state index contributed by atoms with van der Waals surface area (Å²) in [6.45, 7) is 0. The first kappa shape index (κ1) is 13.9. The summed E-state index contributed by atoms with van der Waals surface area (Å²) in [4.78, 5) is 12.2. The highest BCUT2D eigenvalue weighted by Crippen LogP contribution is 2.27. The third-order valence-corrected chi connectivity index (χ3v) is 4.16. The maximum Gasteiger partial charge on any atom is 0.168 e. The molecule has 0 aliphatic heterocycles. The Kier molecular flexibility index (Phi) is 4.04. The zero-order valence-corrected chi connectivity index (χ0v) is 12.2. The number of carbonyl (C=O) groups excluding carboxylic acids is 1. The largest absolute Gasteiger partial charge is 0.399 e. The van der Waals surface area contributed by atoms with Gasteiger partial charge in [0.1, 0.15) is 0 Å². The lowest BCUT2D eigenvalue weighted by molar-refractivity contribution is 0.0991. The van der Waals surface area contributed by atoms with Gasteiger partial charge < -0.3 is 5.73 Å². The Morgan fingerprint density at radius 3 is 2.81 bits per heavy atom. The van der Waals surface area contributed by atoms with Crippen molar-refractivity contribution >= 4 is 11.5 Å². The van der Waals surface area contributed by atoms with Gasteiger partial charge in [0.25, 0.3) is 0 Å². The maximum atomic E-state index is 12.2. The minimum atomic E-state index is 0.0659. The van der Waals surface area contributed by atoms with Gasteiger partial charge in [-0.25, -0.2) is 0 Å². The Labute approximate surface area is 125 Å². The number of nitrogens with two attached hydrogens (primary N) is 1. The normalized spacial score (nSPS) is 16.0. The van der Waals surface area contributed by atoms with E-state index in [4.69, 9.17) is 5.73 Å². The fourth-order valence-electron chi connectivity index (χ4n) is 3.00. The number of hydrogen-bond acceptors (Lipinski definition) is 3. The van der Waals surface area contributed by atoms with Crippen molar-refractivity contribution in [1.29, 1.82) is 0 Å². The predicted molar refractivity (Wildman–Crippen MR) is 83.2 cm³/mol. The van der Waals surface area contributed by atoms with Gasteiger partial charge in [0.05, 0.1) is 18.2 Å². The topological polar surface area (TPSA) is 60.9 Å². The van der Waals surface area contributed by atoms with Crippen molar-refractivity contribution in [2.45, 2.75) is 44.6 Å². The van der Waals surface area contributed by atoms with E-state index < -0.39 is 0 Å². The number of nitrogen functional groups attached to an aromatic ring is 1. The van der Waals surface area contributed by atoms with Gasteiger partial charge in [0.15, 0.2) is 5.78 Å². The van der Waals surface area contributed by atoms with Gasteiger partial charge in [-0.1, -0.05) is 31.4 Å². The first-order valence-electron chi connectivity index (χ1n) is 7.65. The van der Waals surface area contributed by atoms with Crippen molar-refractivity contribution in [1.82, 2.24) is 9.78 Å². The molecule has 0 radical (unpaired) electrons. The Morgan fingerprint density at radius 2 is 2.05 bits per heavy atom. The molecule has 0 spiro atoms. The lowest BCUT2D eigenvalue weighted by atomic mass is 9.96. The van der Waals surface area contributed by atoms with Crippen molar-refractivity contribution in [3.8, 4) is 0 Å². The van der Waals surface area contributed by atoms with E-state index in [1.165, 1.54) is 32.1 Å². The van der Waals surface area contributed by atoms with Gasteiger partial charge in [-0.15, -0.1) is 0 Å². The summed E-state index contributed by atoms with van der Waals surface area (Å²) >= 11 is 0. The summed E-state index contributed by atoms with van der Waals surface area (Å²) in [5, 5.41) is 4.59. The molecule has 0 amide bonds. The van der Waals surface area contributed by atoms with Crippen LogP contribution in [0, 0.1) is 0 Å². The van der Waals surface area contributed by atoms with Gasteiger partial charge in [-0.2, -0.15) is 5.10 Å². The van der Waals surface area contributed by atoms with Gasteiger partial charge in [0.2, 0.25) is 0 Å². The van der Waals surface area contributed by atoms with Crippen molar-refractivity contribution in [3.63, 3.8) is 0 Å². The molecule has 21 heavy (non-hydrogen) atoms. The molecule has 4 heteroatoms. The molecule has 0 unspecified atom stereocenters. The molecule has 3 rings (SSSR count). The van der Waals surface area contributed by atoms with Crippen LogP contribution in [0.3, 0.4) is 0 Å². The van der Waals surface area contributed by atoms with Crippen LogP contribution in [0.25, 0.3) is 0 Å². The summed E-state index contributed by atoms with van der Waals surface area (Å²) in [5.74, 6) is 0.0659. The third kappa shape index (κ3) is 3.32. The number of nitrogens with zero attached hydrogens (tertiary/aromatic N) is 2. The average Bonchev–Trinajstić information content (AvgIpc) is 2.97. The Bertz CT molecular complexity index is 626. The first-order chi connectivity index (χ1) is 10.2. The summed E-state index contributed by atoms with van der Waals surface area (Å²) < 4.78 is 2.04. The van der Waals surface area contributed by atoms with Gasteiger partial charge >= 0.3 is 0 Å². The van der Waals surface area contributed by atoms with E-state index in [2.05, 4.69) is 5.10 Å². The van der Waals surface area contributed by atoms with Crippen molar-refractivity contribution < 1.29 is 4.79 Å². The van der Waals surface area contributed by atoms with Crippen molar-refractivity contribution in [2.24, 2.45) is 0 Å². The molecule has 1 saturated carbocycles. The minimum absolute atomic E-state index is 0.0659. The molecule has 110 valence electrons. The van der Waals surface area contributed by atoms with Crippen LogP contribution in [0.2, 0.25) is 0 Å². The van der Waals surface area contributed by atoms with Crippen LogP contribution in [-0.2, 0) is 6.42 Å². The molecule has 2 aromatic rings. The Morgan fingerprint density at radius 1 is 1.24 bits per heavy atom. The molecule has 1 aliphatic rings. The van der Waals surface area contributed by atoms with Gasteiger partial charge in [0, 0.05) is 17.4 Å². The molecule has 0 atom stereocenters. The molecule has 1 fully saturated rings.